The standard InChI is InChI=1S/C24H23F3N6O/c1-14-6-7-18-17(10-14)19(12-21(32-18)24(25,26)27)30-15-4-2-5-16(11-15)31-22(34)20-13-29-23-28-8-3-9-33(20)23/h3,6-10,12-13,15-16H,2,4-5,11H2,1H3,(H,30,32)(H,31,34)/t15-,16+/m0/s1. The molecule has 5 rings (SSSR count). The summed E-state index contributed by atoms with van der Waals surface area (Å²) in [7, 11) is 0. The van der Waals surface area contributed by atoms with Gasteiger partial charge in [-0.2, -0.15) is 13.2 Å². The zero-order valence-electron chi connectivity index (χ0n) is 18.4. The van der Waals surface area contributed by atoms with Crippen molar-refractivity contribution in [3.63, 3.8) is 0 Å². The van der Waals surface area contributed by atoms with Crippen LogP contribution in [0.3, 0.4) is 0 Å². The number of benzene rings is 1. The van der Waals surface area contributed by atoms with E-state index in [-0.39, 0.29) is 18.0 Å². The molecule has 4 aromatic rings. The Morgan fingerprint density at radius 2 is 1.97 bits per heavy atom. The van der Waals surface area contributed by atoms with Crippen molar-refractivity contribution in [2.24, 2.45) is 0 Å². The van der Waals surface area contributed by atoms with E-state index in [4.69, 9.17) is 0 Å². The summed E-state index contributed by atoms with van der Waals surface area (Å²) in [5, 5.41) is 7.01. The van der Waals surface area contributed by atoms with E-state index in [2.05, 4.69) is 25.6 Å². The minimum atomic E-state index is -4.54. The van der Waals surface area contributed by atoms with Crippen molar-refractivity contribution in [1.29, 1.82) is 0 Å². The van der Waals surface area contributed by atoms with Crippen molar-refractivity contribution < 1.29 is 18.0 Å². The normalized spacial score (nSPS) is 18.8. The molecule has 0 unspecified atom stereocenters. The lowest BCUT2D eigenvalue weighted by Gasteiger charge is -2.31. The van der Waals surface area contributed by atoms with Gasteiger partial charge in [0.1, 0.15) is 11.4 Å². The summed E-state index contributed by atoms with van der Waals surface area (Å²) in [5.41, 5.74) is 1.11. The number of hydrogen-bond acceptors (Lipinski definition) is 5. The average molecular weight is 468 g/mol. The van der Waals surface area contributed by atoms with Gasteiger partial charge in [0.2, 0.25) is 5.78 Å². The summed E-state index contributed by atoms with van der Waals surface area (Å²) in [6, 6.07) is 7.80. The van der Waals surface area contributed by atoms with Crippen LogP contribution < -0.4 is 10.6 Å². The summed E-state index contributed by atoms with van der Waals surface area (Å²) in [6.07, 6.45) is 3.30. The van der Waals surface area contributed by atoms with Crippen molar-refractivity contribution in [3.05, 3.63) is 65.9 Å². The Bertz CT molecular complexity index is 1370. The number of carbonyl (C=O) groups excluding carboxylic acids is 1. The summed E-state index contributed by atoms with van der Waals surface area (Å²) < 4.78 is 42.0. The predicted octanol–water partition coefficient (Wildman–Crippen LogP) is 4.76. The molecule has 7 nitrogen and oxygen atoms in total. The molecule has 176 valence electrons. The second kappa shape index (κ2) is 8.58. The Balaban J connectivity index is 1.35. The number of nitrogens with one attached hydrogen (secondary N) is 2. The molecule has 1 amide bonds. The van der Waals surface area contributed by atoms with Gasteiger partial charge in [0.15, 0.2) is 0 Å². The lowest BCUT2D eigenvalue weighted by Crippen LogP contribution is -2.42. The van der Waals surface area contributed by atoms with E-state index in [0.717, 1.165) is 30.9 Å². The fourth-order valence-electron chi connectivity index (χ4n) is 4.53. The molecule has 0 aliphatic heterocycles. The van der Waals surface area contributed by atoms with Gasteiger partial charge in [0.25, 0.3) is 5.91 Å². The quantitative estimate of drug-likeness (QED) is 0.451. The van der Waals surface area contributed by atoms with Gasteiger partial charge < -0.3 is 10.6 Å². The van der Waals surface area contributed by atoms with Gasteiger partial charge in [-0.3, -0.25) is 9.20 Å². The maximum Gasteiger partial charge on any atom is 0.433 e. The van der Waals surface area contributed by atoms with E-state index in [1.54, 1.807) is 35.0 Å². The zero-order chi connectivity index (χ0) is 23.9. The number of fused-ring (bicyclic) bond motifs is 2. The van der Waals surface area contributed by atoms with Gasteiger partial charge in [0, 0.05) is 35.6 Å². The average Bonchev–Trinajstić information content (AvgIpc) is 3.23. The van der Waals surface area contributed by atoms with Crippen LogP contribution in [-0.2, 0) is 6.18 Å². The Labute approximate surface area is 193 Å². The minimum Gasteiger partial charge on any atom is -0.382 e. The lowest BCUT2D eigenvalue weighted by molar-refractivity contribution is -0.140. The third-order valence-electron chi connectivity index (χ3n) is 6.14. The number of amides is 1. The number of nitrogens with zero attached hydrogens (tertiary/aromatic N) is 4. The van der Waals surface area contributed by atoms with Gasteiger partial charge in [-0.25, -0.2) is 15.0 Å². The number of hydrogen-bond donors (Lipinski definition) is 2. The zero-order valence-corrected chi connectivity index (χ0v) is 18.4. The Morgan fingerprint density at radius 1 is 1.15 bits per heavy atom. The number of pyridine rings is 1. The fourth-order valence-corrected chi connectivity index (χ4v) is 4.53. The maximum atomic E-state index is 13.5. The first-order valence-electron chi connectivity index (χ1n) is 11.1. The van der Waals surface area contributed by atoms with E-state index in [1.807, 2.05) is 13.0 Å². The molecular formula is C24H23F3N6O. The smallest absolute Gasteiger partial charge is 0.382 e. The second-order valence-corrected chi connectivity index (χ2v) is 8.68. The van der Waals surface area contributed by atoms with Crippen molar-refractivity contribution >= 4 is 28.3 Å². The topological polar surface area (TPSA) is 84.2 Å². The molecule has 1 aliphatic rings. The first-order chi connectivity index (χ1) is 16.3. The van der Waals surface area contributed by atoms with E-state index in [1.165, 1.54) is 6.20 Å². The SMILES string of the molecule is Cc1ccc2nc(C(F)(F)F)cc(N[C@H]3CCC[C@@H](NC(=O)c4cnc5ncccn45)C3)c2c1. The van der Waals surface area contributed by atoms with Gasteiger partial charge in [0.05, 0.1) is 11.7 Å². The first kappa shape index (κ1) is 22.1. The van der Waals surface area contributed by atoms with E-state index < -0.39 is 11.9 Å². The number of carbonyl (C=O) groups is 1. The highest BCUT2D eigenvalue weighted by Gasteiger charge is 2.34. The van der Waals surface area contributed by atoms with Crippen LogP contribution in [0.5, 0.6) is 0 Å². The first-order valence-corrected chi connectivity index (χ1v) is 11.1. The molecule has 10 heteroatoms. The number of halogens is 3. The predicted molar refractivity (Wildman–Crippen MR) is 122 cm³/mol. The summed E-state index contributed by atoms with van der Waals surface area (Å²) in [5.74, 6) is 0.187. The molecule has 3 heterocycles. The fraction of sp³-hybridized carbons (Fsp3) is 0.333. The number of anilines is 1. The monoisotopic (exact) mass is 468 g/mol. The molecule has 1 saturated carbocycles. The number of alkyl halides is 3. The van der Waals surface area contributed by atoms with Gasteiger partial charge in [-0.15, -0.1) is 0 Å². The van der Waals surface area contributed by atoms with Crippen LogP contribution in [0, 0.1) is 6.92 Å². The molecular weight excluding hydrogens is 445 g/mol. The minimum absolute atomic E-state index is 0.0879. The summed E-state index contributed by atoms with van der Waals surface area (Å²) in [4.78, 5) is 25.0. The maximum absolute atomic E-state index is 13.5. The number of aromatic nitrogens is 4. The molecule has 0 bridgehead atoms. The van der Waals surface area contributed by atoms with E-state index in [9.17, 15) is 18.0 Å². The molecule has 2 N–H and O–H groups in total. The van der Waals surface area contributed by atoms with Crippen LogP contribution in [0.4, 0.5) is 18.9 Å². The molecule has 1 aliphatic carbocycles. The van der Waals surface area contributed by atoms with Crippen LogP contribution in [-0.4, -0.2) is 37.3 Å². The highest BCUT2D eigenvalue weighted by molar-refractivity contribution is 5.93. The molecule has 0 spiro atoms. The highest BCUT2D eigenvalue weighted by atomic mass is 19.4. The van der Waals surface area contributed by atoms with E-state index >= 15 is 0 Å². The lowest BCUT2D eigenvalue weighted by atomic mass is 9.90. The number of imidazole rings is 1. The molecule has 2 atom stereocenters. The largest absolute Gasteiger partial charge is 0.433 e. The highest BCUT2D eigenvalue weighted by Crippen LogP contribution is 2.34. The van der Waals surface area contributed by atoms with Crippen LogP contribution in [0.15, 0.2) is 48.9 Å². The summed E-state index contributed by atoms with van der Waals surface area (Å²) >= 11 is 0. The Morgan fingerprint density at radius 3 is 2.79 bits per heavy atom. The third-order valence-corrected chi connectivity index (χ3v) is 6.14. The van der Waals surface area contributed by atoms with Crippen LogP contribution in [0.1, 0.15) is 47.4 Å². The van der Waals surface area contributed by atoms with Crippen molar-refractivity contribution in [2.75, 3.05) is 5.32 Å². The van der Waals surface area contributed by atoms with E-state index in [0.29, 0.717) is 34.5 Å². The van der Waals surface area contributed by atoms with Crippen LogP contribution in [0.25, 0.3) is 16.7 Å². The van der Waals surface area contributed by atoms with Crippen LogP contribution in [0.2, 0.25) is 0 Å². The van der Waals surface area contributed by atoms with Gasteiger partial charge in [-0.05, 0) is 56.9 Å². The van der Waals surface area contributed by atoms with Crippen LogP contribution >= 0.6 is 0 Å². The second-order valence-electron chi connectivity index (χ2n) is 8.68. The third kappa shape index (κ3) is 4.40. The number of aryl methyl sites for hydroxylation is 1. The van der Waals surface area contributed by atoms with Crippen molar-refractivity contribution in [2.45, 2.75) is 50.9 Å². The van der Waals surface area contributed by atoms with Gasteiger partial charge in [-0.1, -0.05) is 11.6 Å². The molecule has 0 saturated heterocycles. The molecule has 1 aromatic carbocycles. The number of rotatable bonds is 4. The molecule has 34 heavy (non-hydrogen) atoms. The molecule has 0 radical (unpaired) electrons. The Kier molecular flexibility index (Phi) is 5.59. The van der Waals surface area contributed by atoms with Crippen molar-refractivity contribution in [3.8, 4) is 0 Å². The van der Waals surface area contributed by atoms with Crippen molar-refractivity contribution in [1.82, 2.24) is 24.7 Å². The Hall–Kier alpha value is -3.69. The molecule has 3 aromatic heterocycles. The molecule has 1 fully saturated rings. The van der Waals surface area contributed by atoms with Gasteiger partial charge >= 0.3 is 6.18 Å². The summed E-state index contributed by atoms with van der Waals surface area (Å²) in [6.45, 7) is 1.89.